The number of carbonyl (C=O) groups excluding carboxylic acids is 1. The fourth-order valence-electron chi connectivity index (χ4n) is 3.43. The predicted molar refractivity (Wildman–Crippen MR) is 78.3 cm³/mol. The average molecular weight is 306 g/mol. The van der Waals surface area contributed by atoms with E-state index in [1.807, 2.05) is 11.9 Å². The van der Waals surface area contributed by atoms with Crippen molar-refractivity contribution in [3.05, 3.63) is 35.4 Å². The highest BCUT2D eigenvalue weighted by Gasteiger charge is 2.56. The van der Waals surface area contributed by atoms with E-state index in [9.17, 15) is 14.0 Å². The van der Waals surface area contributed by atoms with E-state index in [1.165, 1.54) is 17.0 Å². The first-order chi connectivity index (χ1) is 10.4. The molecule has 0 spiro atoms. The Labute approximate surface area is 128 Å². The number of aromatic carboxylic acids is 1. The monoisotopic (exact) mass is 306 g/mol. The van der Waals surface area contributed by atoms with Gasteiger partial charge in [-0.2, -0.15) is 0 Å². The lowest BCUT2D eigenvalue weighted by molar-refractivity contribution is -0.141. The van der Waals surface area contributed by atoms with Gasteiger partial charge in [-0.15, -0.1) is 0 Å². The third-order valence-electron chi connectivity index (χ3n) is 4.67. The SMILES string of the molecule is CN1CC[C@]2(F)C(=O)N(Cc3cccc(C(=O)O)c3)C[C@@H]2C1. The number of amides is 1. The van der Waals surface area contributed by atoms with Crippen LogP contribution in [0.3, 0.4) is 0 Å². The Morgan fingerprint density at radius 2 is 2.23 bits per heavy atom. The summed E-state index contributed by atoms with van der Waals surface area (Å²) in [5.74, 6) is -1.76. The number of carboxylic acids is 1. The molecule has 2 atom stereocenters. The number of carbonyl (C=O) groups is 2. The summed E-state index contributed by atoms with van der Waals surface area (Å²) in [5.41, 5.74) is -0.864. The Bertz CT molecular complexity index is 621. The number of rotatable bonds is 3. The molecule has 1 aromatic carbocycles. The Morgan fingerprint density at radius 3 is 2.95 bits per heavy atom. The van der Waals surface area contributed by atoms with Crippen molar-refractivity contribution >= 4 is 11.9 Å². The maximum Gasteiger partial charge on any atom is 0.335 e. The molecular formula is C16H19FN2O3. The van der Waals surface area contributed by atoms with Crippen LogP contribution in [-0.4, -0.2) is 59.1 Å². The molecule has 0 bridgehead atoms. The number of carboxylic acid groups (broad SMARTS) is 1. The minimum atomic E-state index is -1.75. The average Bonchev–Trinajstić information content (AvgIpc) is 2.72. The summed E-state index contributed by atoms with van der Waals surface area (Å²) in [6.45, 7) is 1.80. The third-order valence-corrected chi connectivity index (χ3v) is 4.67. The van der Waals surface area contributed by atoms with Gasteiger partial charge in [-0.1, -0.05) is 12.1 Å². The lowest BCUT2D eigenvalue weighted by Gasteiger charge is -2.34. The molecule has 2 aliphatic heterocycles. The first-order valence-corrected chi connectivity index (χ1v) is 7.39. The van der Waals surface area contributed by atoms with E-state index in [0.29, 0.717) is 25.2 Å². The number of fused-ring (bicyclic) bond motifs is 1. The van der Waals surface area contributed by atoms with Crippen LogP contribution in [0.5, 0.6) is 0 Å². The van der Waals surface area contributed by atoms with E-state index in [4.69, 9.17) is 5.11 Å². The topological polar surface area (TPSA) is 60.9 Å². The molecule has 0 aromatic heterocycles. The van der Waals surface area contributed by atoms with Crippen LogP contribution in [-0.2, 0) is 11.3 Å². The van der Waals surface area contributed by atoms with Crippen molar-refractivity contribution in [1.29, 1.82) is 0 Å². The first kappa shape index (κ1) is 15.0. The molecule has 1 amide bonds. The molecule has 22 heavy (non-hydrogen) atoms. The van der Waals surface area contributed by atoms with E-state index in [2.05, 4.69) is 0 Å². The van der Waals surface area contributed by atoms with Crippen LogP contribution in [0.25, 0.3) is 0 Å². The van der Waals surface area contributed by atoms with Gasteiger partial charge < -0.3 is 14.9 Å². The van der Waals surface area contributed by atoms with Gasteiger partial charge in [0, 0.05) is 38.5 Å². The number of hydrogen-bond donors (Lipinski definition) is 1. The Morgan fingerprint density at radius 1 is 1.45 bits per heavy atom. The van der Waals surface area contributed by atoms with Gasteiger partial charge in [-0.25, -0.2) is 9.18 Å². The number of alkyl halides is 1. The maximum absolute atomic E-state index is 15.0. The lowest BCUT2D eigenvalue weighted by Crippen LogP contribution is -2.49. The first-order valence-electron chi connectivity index (χ1n) is 7.39. The quantitative estimate of drug-likeness (QED) is 0.917. The minimum Gasteiger partial charge on any atom is -0.478 e. The molecule has 6 heteroatoms. The molecule has 1 N–H and O–H groups in total. The van der Waals surface area contributed by atoms with Gasteiger partial charge in [-0.3, -0.25) is 4.79 Å². The zero-order chi connectivity index (χ0) is 15.9. The second-order valence-electron chi connectivity index (χ2n) is 6.26. The second-order valence-corrected chi connectivity index (χ2v) is 6.26. The third kappa shape index (κ3) is 2.47. The van der Waals surface area contributed by atoms with Gasteiger partial charge in [0.25, 0.3) is 5.91 Å². The van der Waals surface area contributed by atoms with Crippen molar-refractivity contribution in [2.75, 3.05) is 26.7 Å². The van der Waals surface area contributed by atoms with Gasteiger partial charge in [0.2, 0.25) is 0 Å². The lowest BCUT2D eigenvalue weighted by atomic mass is 9.85. The molecule has 0 radical (unpaired) electrons. The van der Waals surface area contributed by atoms with Crippen LogP contribution < -0.4 is 0 Å². The van der Waals surface area contributed by atoms with Gasteiger partial charge in [0.1, 0.15) is 0 Å². The summed E-state index contributed by atoms with van der Waals surface area (Å²) in [6, 6.07) is 6.45. The molecule has 118 valence electrons. The molecule has 1 aromatic rings. The molecule has 2 saturated heterocycles. The molecule has 5 nitrogen and oxygen atoms in total. The zero-order valence-corrected chi connectivity index (χ0v) is 12.5. The van der Waals surface area contributed by atoms with Gasteiger partial charge >= 0.3 is 5.97 Å². The van der Waals surface area contributed by atoms with E-state index < -0.39 is 17.5 Å². The Hall–Kier alpha value is -1.95. The van der Waals surface area contributed by atoms with Crippen LogP contribution in [0.15, 0.2) is 24.3 Å². The number of nitrogens with zero attached hydrogens (tertiary/aromatic N) is 2. The normalized spacial score (nSPS) is 28.7. The predicted octanol–water partition coefficient (Wildman–Crippen LogP) is 1.39. The largest absolute Gasteiger partial charge is 0.478 e. The molecule has 2 aliphatic rings. The summed E-state index contributed by atoms with van der Waals surface area (Å²) in [4.78, 5) is 27.0. The number of likely N-dealkylation sites (tertiary alicyclic amines) is 2. The van der Waals surface area contributed by atoms with Crippen molar-refractivity contribution < 1.29 is 19.1 Å². The highest BCUT2D eigenvalue weighted by molar-refractivity contribution is 5.89. The number of hydrogen-bond acceptors (Lipinski definition) is 3. The summed E-state index contributed by atoms with van der Waals surface area (Å²) in [6.07, 6.45) is 0.235. The summed E-state index contributed by atoms with van der Waals surface area (Å²) < 4.78 is 15.0. The number of benzene rings is 1. The second kappa shape index (κ2) is 5.35. The van der Waals surface area contributed by atoms with Crippen LogP contribution in [0, 0.1) is 5.92 Å². The summed E-state index contributed by atoms with van der Waals surface area (Å²) in [7, 11) is 1.93. The Balaban J connectivity index is 1.78. The molecule has 2 heterocycles. The van der Waals surface area contributed by atoms with Crippen molar-refractivity contribution in [2.45, 2.75) is 18.6 Å². The molecular weight excluding hydrogens is 287 g/mol. The standard InChI is InChI=1S/C16H19FN2O3/c1-18-6-5-16(17)13(9-18)10-19(15(16)22)8-11-3-2-4-12(7-11)14(20)21/h2-4,7,13H,5-6,8-10H2,1H3,(H,20,21)/t13-,16+/m0/s1. The smallest absolute Gasteiger partial charge is 0.335 e. The maximum atomic E-state index is 15.0. The van der Waals surface area contributed by atoms with Crippen molar-refractivity contribution in [1.82, 2.24) is 9.80 Å². The highest BCUT2D eigenvalue weighted by Crippen LogP contribution is 2.39. The molecule has 0 aliphatic carbocycles. The van der Waals surface area contributed by atoms with E-state index in [0.717, 1.165) is 0 Å². The van der Waals surface area contributed by atoms with Crippen molar-refractivity contribution in [3.8, 4) is 0 Å². The molecule has 0 unspecified atom stereocenters. The van der Waals surface area contributed by atoms with Crippen LogP contribution in [0.1, 0.15) is 22.3 Å². The number of piperidine rings is 1. The van der Waals surface area contributed by atoms with Crippen molar-refractivity contribution in [2.24, 2.45) is 5.92 Å². The van der Waals surface area contributed by atoms with Gasteiger partial charge in [0.15, 0.2) is 5.67 Å². The molecule has 2 fully saturated rings. The van der Waals surface area contributed by atoms with Gasteiger partial charge in [0.05, 0.1) is 5.56 Å². The van der Waals surface area contributed by atoms with Crippen LogP contribution in [0.4, 0.5) is 4.39 Å². The molecule has 0 saturated carbocycles. The van der Waals surface area contributed by atoms with E-state index in [-0.39, 0.29) is 24.4 Å². The molecule has 3 rings (SSSR count). The minimum absolute atomic E-state index is 0.177. The van der Waals surface area contributed by atoms with Crippen molar-refractivity contribution in [3.63, 3.8) is 0 Å². The Kier molecular flexibility index (Phi) is 3.64. The van der Waals surface area contributed by atoms with E-state index in [1.54, 1.807) is 12.1 Å². The summed E-state index contributed by atoms with van der Waals surface area (Å²) in [5, 5.41) is 9.01. The number of halogens is 1. The van der Waals surface area contributed by atoms with Crippen LogP contribution in [0.2, 0.25) is 0 Å². The fraction of sp³-hybridized carbons (Fsp3) is 0.500. The highest BCUT2D eigenvalue weighted by atomic mass is 19.1. The van der Waals surface area contributed by atoms with Gasteiger partial charge in [-0.05, 0) is 24.7 Å². The zero-order valence-electron chi connectivity index (χ0n) is 12.5. The van der Waals surface area contributed by atoms with Crippen LogP contribution >= 0.6 is 0 Å². The van der Waals surface area contributed by atoms with E-state index >= 15 is 0 Å². The fourth-order valence-corrected chi connectivity index (χ4v) is 3.43. The summed E-state index contributed by atoms with van der Waals surface area (Å²) >= 11 is 0.